The van der Waals surface area contributed by atoms with E-state index in [9.17, 15) is 28.2 Å². The van der Waals surface area contributed by atoms with Crippen LogP contribution in [0.4, 0.5) is 5.69 Å². The van der Waals surface area contributed by atoms with E-state index in [2.05, 4.69) is 10.4 Å². The van der Waals surface area contributed by atoms with Gasteiger partial charge < -0.3 is 20.1 Å². The van der Waals surface area contributed by atoms with E-state index in [1.54, 1.807) is 6.08 Å². The van der Waals surface area contributed by atoms with Gasteiger partial charge in [-0.15, -0.1) is 5.10 Å². The molecule has 1 saturated heterocycles. The molecular formula is C25H24N4O6S. The molecule has 0 bridgehead atoms. The molecule has 36 heavy (non-hydrogen) atoms. The fourth-order valence-corrected chi connectivity index (χ4v) is 6.28. The van der Waals surface area contributed by atoms with Gasteiger partial charge in [-0.2, -0.15) is 5.01 Å². The van der Waals surface area contributed by atoms with E-state index in [1.807, 2.05) is 35.0 Å². The zero-order chi connectivity index (χ0) is 25.6. The number of hydrogen-bond donors (Lipinski definition) is 3. The van der Waals surface area contributed by atoms with Crippen LogP contribution < -0.4 is 10.3 Å². The summed E-state index contributed by atoms with van der Waals surface area (Å²) in [5, 5.41) is 27.5. The third kappa shape index (κ3) is 4.43. The number of amidine groups is 1. The Morgan fingerprint density at radius 1 is 1.17 bits per heavy atom. The van der Waals surface area contributed by atoms with Crippen LogP contribution in [0.15, 0.2) is 65.4 Å². The zero-order valence-corrected chi connectivity index (χ0v) is 20.1. The number of aromatic nitrogens is 1. The monoisotopic (exact) mass is 508 g/mol. The lowest BCUT2D eigenvalue weighted by Gasteiger charge is -2.12. The topological polar surface area (TPSA) is 141 Å². The van der Waals surface area contributed by atoms with Gasteiger partial charge in [0.1, 0.15) is 0 Å². The number of hydrogen-bond acceptors (Lipinski definition) is 7. The normalized spacial score (nSPS) is 20.5. The van der Waals surface area contributed by atoms with Crippen LogP contribution in [-0.2, 0) is 19.4 Å². The van der Waals surface area contributed by atoms with Crippen molar-refractivity contribution in [2.24, 2.45) is 5.10 Å². The average Bonchev–Trinajstić information content (AvgIpc) is 3.48. The third-order valence-electron chi connectivity index (χ3n) is 6.28. The molecule has 0 spiro atoms. The summed E-state index contributed by atoms with van der Waals surface area (Å²) in [5.41, 5.74) is 2.35. The van der Waals surface area contributed by atoms with Crippen molar-refractivity contribution in [1.82, 2.24) is 9.88 Å². The number of sulfone groups is 1. The quantitative estimate of drug-likeness (QED) is 0.363. The van der Waals surface area contributed by atoms with E-state index >= 15 is 0 Å². The molecule has 186 valence electrons. The van der Waals surface area contributed by atoms with Crippen LogP contribution >= 0.6 is 0 Å². The number of nitrogens with one attached hydrogen (secondary N) is 1. The van der Waals surface area contributed by atoms with Crippen molar-refractivity contribution < 1.29 is 28.2 Å². The zero-order valence-electron chi connectivity index (χ0n) is 19.3. The van der Waals surface area contributed by atoms with Crippen molar-refractivity contribution in [3.8, 4) is 0 Å². The molecule has 1 fully saturated rings. The van der Waals surface area contributed by atoms with Crippen LogP contribution in [0.5, 0.6) is 0 Å². The molecule has 11 heteroatoms. The highest BCUT2D eigenvalue weighted by Gasteiger charge is 2.33. The number of fused-ring (bicyclic) bond motifs is 1. The SMILES string of the molecule is CC(=O)NC1=NN(c2ccc(C(O)O)cc2)C(=O)C1=Cc1cn(C2CCS(=O)(=O)C2)c2ccccc12. The third-order valence-corrected chi connectivity index (χ3v) is 8.03. The fourth-order valence-electron chi connectivity index (χ4n) is 4.57. The number of carbonyl (C=O) groups is 2. The van der Waals surface area contributed by atoms with Gasteiger partial charge in [-0.3, -0.25) is 9.59 Å². The Kier molecular flexibility index (Phi) is 5.99. The summed E-state index contributed by atoms with van der Waals surface area (Å²) >= 11 is 0. The fraction of sp³-hybridized carbons (Fsp3) is 0.240. The number of anilines is 1. The Morgan fingerprint density at radius 2 is 1.89 bits per heavy atom. The lowest BCUT2D eigenvalue weighted by Crippen LogP contribution is -2.29. The molecule has 2 aromatic carbocycles. The van der Waals surface area contributed by atoms with E-state index in [4.69, 9.17) is 0 Å². The van der Waals surface area contributed by atoms with Crippen LogP contribution in [0.25, 0.3) is 17.0 Å². The van der Waals surface area contributed by atoms with Gasteiger partial charge in [-0.1, -0.05) is 30.3 Å². The molecule has 3 heterocycles. The van der Waals surface area contributed by atoms with E-state index in [1.165, 1.54) is 31.2 Å². The van der Waals surface area contributed by atoms with Crippen molar-refractivity contribution in [2.75, 3.05) is 16.5 Å². The number of amides is 2. The van der Waals surface area contributed by atoms with Gasteiger partial charge in [0.15, 0.2) is 22.0 Å². The first-order valence-electron chi connectivity index (χ1n) is 11.3. The highest BCUT2D eigenvalue weighted by molar-refractivity contribution is 7.91. The summed E-state index contributed by atoms with van der Waals surface area (Å²) in [5.74, 6) is -0.590. The molecule has 1 atom stereocenters. The van der Waals surface area contributed by atoms with E-state index in [-0.39, 0.29) is 34.5 Å². The number of aliphatic hydroxyl groups excluding tert-OH is 1. The molecule has 1 aromatic heterocycles. The number of nitrogens with zero attached hydrogens (tertiary/aromatic N) is 3. The number of hydrazone groups is 1. The molecular weight excluding hydrogens is 484 g/mol. The van der Waals surface area contributed by atoms with Crippen LogP contribution in [0.1, 0.15) is 36.8 Å². The molecule has 2 aliphatic heterocycles. The van der Waals surface area contributed by atoms with E-state index in [0.717, 1.165) is 15.9 Å². The number of benzene rings is 2. The molecule has 1 unspecified atom stereocenters. The second-order valence-corrected chi connectivity index (χ2v) is 11.1. The maximum absolute atomic E-state index is 13.4. The van der Waals surface area contributed by atoms with Gasteiger partial charge in [-0.05, 0) is 30.7 Å². The minimum absolute atomic E-state index is 0.0610. The lowest BCUT2D eigenvalue weighted by atomic mass is 10.1. The summed E-state index contributed by atoms with van der Waals surface area (Å²) in [7, 11) is -3.10. The summed E-state index contributed by atoms with van der Waals surface area (Å²) in [4.78, 5) is 25.3. The molecule has 0 aliphatic carbocycles. The Labute approximate surface area is 207 Å². The first kappa shape index (κ1) is 23.9. The second-order valence-electron chi connectivity index (χ2n) is 8.84. The van der Waals surface area contributed by atoms with Gasteiger partial charge in [0.05, 0.1) is 22.8 Å². The minimum atomic E-state index is -3.10. The van der Waals surface area contributed by atoms with Crippen molar-refractivity contribution in [1.29, 1.82) is 0 Å². The van der Waals surface area contributed by atoms with Gasteiger partial charge >= 0.3 is 0 Å². The predicted molar refractivity (Wildman–Crippen MR) is 135 cm³/mol. The molecule has 0 saturated carbocycles. The average molecular weight is 509 g/mol. The number of aliphatic hydroxyl groups is 2. The smallest absolute Gasteiger partial charge is 0.282 e. The standard InChI is InChI=1S/C25H24N4O6S/c1-15(30)26-23-21(24(31)29(27-23)18-8-6-16(7-9-18)25(32)33)12-17-13-28(19-10-11-36(34,35)14-19)22-5-3-2-4-20(17)22/h2-9,12-13,19,25,32-33H,10-11,14H2,1H3,(H,26,27,30). The van der Waals surface area contributed by atoms with Crippen LogP contribution in [-0.4, -0.2) is 52.4 Å². The molecule has 3 N–H and O–H groups in total. The van der Waals surface area contributed by atoms with Crippen molar-refractivity contribution in [2.45, 2.75) is 25.7 Å². The highest BCUT2D eigenvalue weighted by Crippen LogP contribution is 2.33. The lowest BCUT2D eigenvalue weighted by molar-refractivity contribution is -0.117. The Hall–Kier alpha value is -3.80. The molecule has 5 rings (SSSR count). The van der Waals surface area contributed by atoms with Crippen LogP contribution in [0, 0.1) is 0 Å². The van der Waals surface area contributed by atoms with Crippen molar-refractivity contribution in [3.05, 3.63) is 71.4 Å². The van der Waals surface area contributed by atoms with Crippen LogP contribution in [0.3, 0.4) is 0 Å². The first-order valence-corrected chi connectivity index (χ1v) is 13.1. The van der Waals surface area contributed by atoms with E-state index in [0.29, 0.717) is 17.7 Å². The molecule has 3 aromatic rings. The molecule has 2 amide bonds. The highest BCUT2D eigenvalue weighted by atomic mass is 32.2. The van der Waals surface area contributed by atoms with Gasteiger partial charge in [0, 0.05) is 41.2 Å². The Morgan fingerprint density at radius 3 is 2.53 bits per heavy atom. The molecule has 10 nitrogen and oxygen atoms in total. The van der Waals surface area contributed by atoms with Gasteiger partial charge in [0.2, 0.25) is 5.91 Å². The predicted octanol–water partition coefficient (Wildman–Crippen LogP) is 1.86. The minimum Gasteiger partial charge on any atom is -0.364 e. The largest absolute Gasteiger partial charge is 0.364 e. The first-order chi connectivity index (χ1) is 17.1. The van der Waals surface area contributed by atoms with Crippen molar-refractivity contribution in [3.63, 3.8) is 0 Å². The summed E-state index contributed by atoms with van der Waals surface area (Å²) < 4.78 is 26.1. The number of rotatable bonds is 4. The summed E-state index contributed by atoms with van der Waals surface area (Å²) in [6, 6.07) is 13.3. The maximum atomic E-state index is 13.4. The second kappa shape index (κ2) is 9.01. The maximum Gasteiger partial charge on any atom is 0.282 e. The molecule has 0 radical (unpaired) electrons. The summed E-state index contributed by atoms with van der Waals surface area (Å²) in [6.07, 6.45) is 2.35. The number of para-hydroxylation sites is 1. The van der Waals surface area contributed by atoms with Crippen molar-refractivity contribution >= 4 is 50.2 Å². The molecule has 2 aliphatic rings. The van der Waals surface area contributed by atoms with E-state index < -0.39 is 27.9 Å². The summed E-state index contributed by atoms with van der Waals surface area (Å²) in [6.45, 7) is 1.32. The van der Waals surface area contributed by atoms with Gasteiger partial charge in [-0.25, -0.2) is 8.42 Å². The van der Waals surface area contributed by atoms with Gasteiger partial charge in [0.25, 0.3) is 5.91 Å². The van der Waals surface area contributed by atoms with Crippen LogP contribution in [0.2, 0.25) is 0 Å². The number of carbonyl (C=O) groups excluding carboxylic acids is 2. The Bertz CT molecular complexity index is 1540. The Balaban J connectivity index is 1.57.